The van der Waals surface area contributed by atoms with E-state index in [1.165, 1.54) is 4.31 Å². The maximum Gasteiger partial charge on any atom is 0.246 e. The summed E-state index contributed by atoms with van der Waals surface area (Å²) in [6.45, 7) is 0.601. The zero-order valence-corrected chi connectivity index (χ0v) is 12.3. The molecule has 2 N–H and O–H groups in total. The second-order valence-electron chi connectivity index (χ2n) is 4.35. The van der Waals surface area contributed by atoms with E-state index < -0.39 is 15.8 Å². The molecule has 1 aliphatic rings. The van der Waals surface area contributed by atoms with Crippen LogP contribution in [0.2, 0.25) is 10.0 Å². The van der Waals surface area contributed by atoms with Crippen LogP contribution < -0.4 is 5.73 Å². The topological polar surface area (TPSA) is 63.4 Å². The van der Waals surface area contributed by atoms with Crippen molar-refractivity contribution in [2.45, 2.75) is 23.8 Å². The van der Waals surface area contributed by atoms with Crippen LogP contribution in [0, 0.1) is 5.82 Å². The Balaban J connectivity index is 2.51. The molecule has 0 saturated carbocycles. The van der Waals surface area contributed by atoms with Crippen molar-refractivity contribution in [2.75, 3.05) is 13.1 Å². The van der Waals surface area contributed by atoms with Crippen molar-refractivity contribution in [1.82, 2.24) is 4.31 Å². The fourth-order valence-corrected chi connectivity index (χ4v) is 5.10. The molecular formula is C11H13Cl2FN2O2S. The molecule has 106 valence electrons. The van der Waals surface area contributed by atoms with Crippen molar-refractivity contribution >= 4 is 33.2 Å². The van der Waals surface area contributed by atoms with Crippen LogP contribution in [0.4, 0.5) is 4.39 Å². The van der Waals surface area contributed by atoms with Gasteiger partial charge in [0.25, 0.3) is 0 Å². The van der Waals surface area contributed by atoms with Gasteiger partial charge in [-0.15, -0.1) is 0 Å². The third kappa shape index (κ3) is 2.73. The predicted octanol–water partition coefficient (Wildman–Crippen LogP) is 2.24. The third-order valence-corrected chi connectivity index (χ3v) is 6.00. The minimum atomic E-state index is -3.86. The third-order valence-electron chi connectivity index (χ3n) is 3.12. The number of nitrogens with two attached hydrogens (primary N) is 1. The summed E-state index contributed by atoms with van der Waals surface area (Å²) in [6.07, 6.45) is 1.43. The fraction of sp³-hybridized carbons (Fsp3) is 0.455. The molecule has 1 unspecified atom stereocenters. The summed E-state index contributed by atoms with van der Waals surface area (Å²) in [6, 6.07) is 1.61. The molecule has 19 heavy (non-hydrogen) atoms. The van der Waals surface area contributed by atoms with Crippen molar-refractivity contribution in [2.24, 2.45) is 5.73 Å². The molecule has 1 atom stereocenters. The molecule has 1 heterocycles. The molecule has 0 bridgehead atoms. The standard InChI is InChI=1S/C11H13Cl2FN2O2S/c12-9-4-7(14)5-10(13)11(9)19(17,18)16-3-1-2-8(16)6-15/h4-5,8H,1-3,6,15H2. The summed E-state index contributed by atoms with van der Waals surface area (Å²) in [5, 5.41) is -0.430. The highest BCUT2D eigenvalue weighted by atomic mass is 35.5. The minimum Gasteiger partial charge on any atom is -0.329 e. The smallest absolute Gasteiger partial charge is 0.246 e. The average Bonchev–Trinajstić information content (AvgIpc) is 2.75. The summed E-state index contributed by atoms with van der Waals surface area (Å²) in [4.78, 5) is -0.252. The second-order valence-corrected chi connectivity index (χ2v) is 6.99. The summed E-state index contributed by atoms with van der Waals surface area (Å²) < 4.78 is 39.5. The van der Waals surface area contributed by atoms with Crippen molar-refractivity contribution < 1.29 is 12.8 Å². The Morgan fingerprint density at radius 2 is 1.95 bits per heavy atom. The van der Waals surface area contributed by atoms with Gasteiger partial charge in [-0.05, 0) is 25.0 Å². The number of sulfonamides is 1. The van der Waals surface area contributed by atoms with E-state index in [0.29, 0.717) is 13.0 Å². The number of hydrogen-bond acceptors (Lipinski definition) is 3. The number of rotatable bonds is 3. The lowest BCUT2D eigenvalue weighted by atomic mass is 10.2. The zero-order valence-electron chi connectivity index (χ0n) is 9.94. The SMILES string of the molecule is NCC1CCCN1S(=O)(=O)c1c(Cl)cc(F)cc1Cl. The maximum absolute atomic E-state index is 13.1. The average molecular weight is 327 g/mol. The van der Waals surface area contributed by atoms with Crippen LogP contribution in [0.25, 0.3) is 0 Å². The molecule has 0 aromatic heterocycles. The van der Waals surface area contributed by atoms with Crippen molar-refractivity contribution in [3.05, 3.63) is 28.0 Å². The molecular weight excluding hydrogens is 314 g/mol. The van der Waals surface area contributed by atoms with Gasteiger partial charge >= 0.3 is 0 Å². The molecule has 0 spiro atoms. The Kier molecular flexibility index (Phi) is 4.37. The summed E-state index contributed by atoms with van der Waals surface area (Å²) >= 11 is 11.7. The molecule has 1 fully saturated rings. The molecule has 4 nitrogen and oxygen atoms in total. The lowest BCUT2D eigenvalue weighted by molar-refractivity contribution is 0.393. The van der Waals surface area contributed by atoms with Crippen LogP contribution in [-0.4, -0.2) is 31.9 Å². The molecule has 8 heteroatoms. The highest BCUT2D eigenvalue weighted by Gasteiger charge is 2.37. The summed E-state index contributed by atoms with van der Waals surface area (Å²) in [7, 11) is -3.86. The van der Waals surface area contributed by atoms with E-state index in [4.69, 9.17) is 28.9 Å². The lowest BCUT2D eigenvalue weighted by Crippen LogP contribution is -2.40. The minimum absolute atomic E-state index is 0.215. The van der Waals surface area contributed by atoms with Gasteiger partial charge in [-0.25, -0.2) is 12.8 Å². The van der Waals surface area contributed by atoms with E-state index in [2.05, 4.69) is 0 Å². The monoisotopic (exact) mass is 326 g/mol. The first kappa shape index (κ1) is 15.0. The van der Waals surface area contributed by atoms with Crippen LogP contribution in [0.5, 0.6) is 0 Å². The number of hydrogen-bond donors (Lipinski definition) is 1. The molecule has 1 aromatic rings. The van der Waals surface area contributed by atoms with E-state index in [-0.39, 0.29) is 27.5 Å². The van der Waals surface area contributed by atoms with Crippen LogP contribution >= 0.6 is 23.2 Å². The molecule has 0 radical (unpaired) electrons. The van der Waals surface area contributed by atoms with Gasteiger partial charge < -0.3 is 5.73 Å². The quantitative estimate of drug-likeness (QED) is 0.926. The highest BCUT2D eigenvalue weighted by molar-refractivity contribution is 7.89. The number of benzene rings is 1. The van der Waals surface area contributed by atoms with Gasteiger partial charge in [-0.2, -0.15) is 4.31 Å². The molecule has 1 saturated heterocycles. The fourth-order valence-electron chi connectivity index (χ4n) is 2.25. The van der Waals surface area contributed by atoms with E-state index in [1.54, 1.807) is 0 Å². The Bertz CT molecular complexity index is 571. The molecule has 1 aromatic carbocycles. The molecule has 0 amide bonds. The van der Waals surface area contributed by atoms with Crippen LogP contribution in [0.15, 0.2) is 17.0 Å². The molecule has 2 rings (SSSR count). The number of nitrogens with zero attached hydrogens (tertiary/aromatic N) is 1. The summed E-state index contributed by atoms with van der Waals surface area (Å²) in [5.74, 6) is -0.675. The van der Waals surface area contributed by atoms with Crippen LogP contribution in [0.1, 0.15) is 12.8 Å². The van der Waals surface area contributed by atoms with Gasteiger partial charge in [0, 0.05) is 19.1 Å². The van der Waals surface area contributed by atoms with Crippen LogP contribution in [0.3, 0.4) is 0 Å². The Morgan fingerprint density at radius 1 is 1.37 bits per heavy atom. The first-order valence-corrected chi connectivity index (χ1v) is 7.94. The first-order chi connectivity index (χ1) is 8.87. The Hall–Kier alpha value is -0.400. The molecule has 1 aliphatic heterocycles. The van der Waals surface area contributed by atoms with Crippen LogP contribution in [-0.2, 0) is 10.0 Å². The normalized spacial score (nSPS) is 20.9. The van der Waals surface area contributed by atoms with Crippen molar-refractivity contribution in [1.29, 1.82) is 0 Å². The zero-order chi connectivity index (χ0) is 14.2. The Morgan fingerprint density at radius 3 is 2.47 bits per heavy atom. The lowest BCUT2D eigenvalue weighted by Gasteiger charge is -2.23. The van der Waals surface area contributed by atoms with E-state index in [0.717, 1.165) is 18.6 Å². The second kappa shape index (κ2) is 5.54. The first-order valence-electron chi connectivity index (χ1n) is 5.74. The van der Waals surface area contributed by atoms with Gasteiger partial charge in [0.05, 0.1) is 10.0 Å². The van der Waals surface area contributed by atoms with E-state index in [1.807, 2.05) is 0 Å². The van der Waals surface area contributed by atoms with Gasteiger partial charge in [-0.3, -0.25) is 0 Å². The van der Waals surface area contributed by atoms with E-state index in [9.17, 15) is 12.8 Å². The maximum atomic E-state index is 13.1. The van der Waals surface area contributed by atoms with E-state index >= 15 is 0 Å². The van der Waals surface area contributed by atoms with Gasteiger partial charge in [-0.1, -0.05) is 23.2 Å². The largest absolute Gasteiger partial charge is 0.329 e. The summed E-state index contributed by atoms with van der Waals surface area (Å²) in [5.41, 5.74) is 5.57. The van der Waals surface area contributed by atoms with Crippen molar-refractivity contribution in [3.8, 4) is 0 Å². The number of halogens is 3. The molecule has 0 aliphatic carbocycles. The van der Waals surface area contributed by atoms with Gasteiger partial charge in [0.1, 0.15) is 10.7 Å². The van der Waals surface area contributed by atoms with Crippen molar-refractivity contribution in [3.63, 3.8) is 0 Å². The van der Waals surface area contributed by atoms with Gasteiger partial charge in [0.2, 0.25) is 10.0 Å². The Labute approximate surface area is 121 Å². The highest BCUT2D eigenvalue weighted by Crippen LogP contribution is 2.35. The predicted molar refractivity (Wildman–Crippen MR) is 72.4 cm³/mol. The van der Waals surface area contributed by atoms with Gasteiger partial charge in [0.15, 0.2) is 0 Å².